The molecule has 2 heterocycles. The Labute approximate surface area is 170 Å². The molecule has 0 aliphatic heterocycles. The summed E-state index contributed by atoms with van der Waals surface area (Å²) in [6.07, 6.45) is 0.238. The molecule has 146 valence electrons. The van der Waals surface area contributed by atoms with Gasteiger partial charge in [0.05, 0.1) is 12.8 Å². The molecule has 0 aliphatic rings. The zero-order valence-corrected chi connectivity index (χ0v) is 16.4. The summed E-state index contributed by atoms with van der Waals surface area (Å²) in [6, 6.07) is 14.5. The van der Waals surface area contributed by atoms with Gasteiger partial charge in [-0.3, -0.25) is 4.79 Å². The van der Waals surface area contributed by atoms with Crippen LogP contribution in [0.25, 0.3) is 11.5 Å². The van der Waals surface area contributed by atoms with Gasteiger partial charge in [0.2, 0.25) is 5.82 Å². The lowest BCUT2D eigenvalue weighted by Gasteiger charge is -2.04. The van der Waals surface area contributed by atoms with E-state index in [-0.39, 0.29) is 23.7 Å². The van der Waals surface area contributed by atoms with Gasteiger partial charge in [0.25, 0.3) is 11.3 Å². The molecule has 0 saturated carbocycles. The summed E-state index contributed by atoms with van der Waals surface area (Å²) < 4.78 is 7.33. The molecule has 0 amide bonds. The number of methoxy groups -OCH3 is 1. The van der Waals surface area contributed by atoms with E-state index in [1.807, 2.05) is 31.2 Å². The number of ether oxygens (including phenoxy) is 1. The fourth-order valence-corrected chi connectivity index (χ4v) is 3.04. The number of aryl methyl sites for hydroxylation is 1. The Morgan fingerprint density at radius 3 is 2.41 bits per heavy atom. The predicted molar refractivity (Wildman–Crippen MR) is 107 cm³/mol. The van der Waals surface area contributed by atoms with E-state index in [2.05, 4.69) is 15.3 Å². The van der Waals surface area contributed by atoms with Crippen LogP contribution >= 0.6 is 11.6 Å². The summed E-state index contributed by atoms with van der Waals surface area (Å²) in [5, 5.41) is 13.1. The van der Waals surface area contributed by atoms with Crippen LogP contribution in [0.5, 0.6) is 0 Å². The molecular weight excluding hydrogens is 394 g/mol. The zero-order valence-electron chi connectivity index (χ0n) is 15.7. The van der Waals surface area contributed by atoms with E-state index >= 15 is 0 Å². The van der Waals surface area contributed by atoms with Crippen molar-refractivity contribution in [3.05, 3.63) is 86.6 Å². The number of halogens is 1. The number of fused-ring (bicyclic) bond motifs is 1. The Bertz CT molecular complexity index is 1260. The fraction of sp³-hybridized carbons (Fsp3) is 0.150. The van der Waals surface area contributed by atoms with Crippen LogP contribution in [0, 0.1) is 6.92 Å². The third-order valence-electron chi connectivity index (χ3n) is 4.44. The second-order valence-corrected chi connectivity index (χ2v) is 6.89. The minimum absolute atomic E-state index is 0.124. The molecule has 4 aromatic rings. The van der Waals surface area contributed by atoms with Crippen molar-refractivity contribution >= 4 is 23.3 Å². The summed E-state index contributed by atoms with van der Waals surface area (Å²) in [5.74, 6) is -0.784. The highest BCUT2D eigenvalue weighted by molar-refractivity contribution is 6.30. The van der Waals surface area contributed by atoms with Gasteiger partial charge in [-0.2, -0.15) is 4.68 Å². The van der Waals surface area contributed by atoms with Crippen molar-refractivity contribution < 1.29 is 9.53 Å². The average molecular weight is 410 g/mol. The molecule has 0 radical (unpaired) electrons. The first-order chi connectivity index (χ1) is 14.0. The van der Waals surface area contributed by atoms with Gasteiger partial charge in [-0.15, -0.1) is 15.3 Å². The quantitative estimate of drug-likeness (QED) is 0.481. The molecule has 0 fully saturated rings. The smallest absolute Gasteiger partial charge is 0.376 e. The number of hydrogen-bond acceptors (Lipinski definition) is 6. The van der Waals surface area contributed by atoms with Gasteiger partial charge < -0.3 is 4.74 Å². The maximum Gasteiger partial charge on any atom is 0.376 e. The van der Waals surface area contributed by atoms with Gasteiger partial charge >= 0.3 is 5.97 Å². The van der Waals surface area contributed by atoms with E-state index in [1.54, 1.807) is 24.3 Å². The maximum absolute atomic E-state index is 13.1. The summed E-state index contributed by atoms with van der Waals surface area (Å²) in [5.41, 5.74) is 2.24. The maximum atomic E-state index is 13.1. The third-order valence-corrected chi connectivity index (χ3v) is 4.69. The number of aromatic nitrogens is 5. The van der Waals surface area contributed by atoms with E-state index in [1.165, 1.54) is 11.8 Å². The molecule has 0 spiro atoms. The molecule has 0 saturated heterocycles. The van der Waals surface area contributed by atoms with E-state index < -0.39 is 11.5 Å². The van der Waals surface area contributed by atoms with Gasteiger partial charge in [0, 0.05) is 11.4 Å². The molecule has 0 unspecified atom stereocenters. The minimum atomic E-state index is -0.742. The molecule has 0 bridgehead atoms. The van der Waals surface area contributed by atoms with Crippen molar-refractivity contribution in [2.75, 3.05) is 7.11 Å². The SMILES string of the molecule is COC(=O)c1nn(-c2ccc(C)cc2)c2nnc(Cc3ccc(Cl)cc3)c(=O)n12. The van der Waals surface area contributed by atoms with E-state index in [0.29, 0.717) is 10.7 Å². The Balaban J connectivity index is 1.89. The lowest BCUT2D eigenvalue weighted by atomic mass is 10.1. The topological polar surface area (TPSA) is 91.4 Å². The highest BCUT2D eigenvalue weighted by Gasteiger charge is 2.23. The molecule has 0 aliphatic carbocycles. The number of carbonyl (C=O) groups is 1. The molecule has 9 heteroatoms. The van der Waals surface area contributed by atoms with E-state index in [0.717, 1.165) is 15.5 Å². The molecule has 4 rings (SSSR count). The van der Waals surface area contributed by atoms with Gasteiger partial charge in [0.15, 0.2) is 0 Å². The summed E-state index contributed by atoms with van der Waals surface area (Å²) in [7, 11) is 1.23. The van der Waals surface area contributed by atoms with Gasteiger partial charge in [0.1, 0.15) is 5.69 Å². The largest absolute Gasteiger partial charge is 0.463 e. The van der Waals surface area contributed by atoms with Gasteiger partial charge in [-0.1, -0.05) is 41.4 Å². The first kappa shape index (κ1) is 18.8. The van der Waals surface area contributed by atoms with Crippen molar-refractivity contribution in [1.29, 1.82) is 0 Å². The van der Waals surface area contributed by atoms with Crippen LogP contribution in [0.1, 0.15) is 27.4 Å². The second kappa shape index (κ2) is 7.48. The molecule has 0 atom stereocenters. The van der Waals surface area contributed by atoms with Crippen LogP contribution in [-0.2, 0) is 11.2 Å². The normalized spacial score (nSPS) is 11.0. The fourth-order valence-electron chi connectivity index (χ4n) is 2.91. The summed E-state index contributed by atoms with van der Waals surface area (Å²) in [6.45, 7) is 1.96. The molecule has 0 N–H and O–H groups in total. The van der Waals surface area contributed by atoms with Crippen molar-refractivity contribution in [2.45, 2.75) is 13.3 Å². The number of benzene rings is 2. The first-order valence-corrected chi connectivity index (χ1v) is 9.13. The zero-order chi connectivity index (χ0) is 20.5. The molecule has 2 aromatic carbocycles. The molecule has 8 nitrogen and oxygen atoms in total. The van der Waals surface area contributed by atoms with Crippen molar-refractivity contribution in [2.24, 2.45) is 0 Å². The Morgan fingerprint density at radius 2 is 1.76 bits per heavy atom. The lowest BCUT2D eigenvalue weighted by Crippen LogP contribution is -2.25. The molecular formula is C20H16ClN5O3. The van der Waals surface area contributed by atoms with Gasteiger partial charge in [-0.25, -0.2) is 9.20 Å². The van der Waals surface area contributed by atoms with Crippen LogP contribution in [0.15, 0.2) is 53.3 Å². The third kappa shape index (κ3) is 3.50. The molecule has 2 aromatic heterocycles. The number of hydrogen-bond donors (Lipinski definition) is 0. The second-order valence-electron chi connectivity index (χ2n) is 6.45. The van der Waals surface area contributed by atoms with Crippen LogP contribution in [-0.4, -0.2) is 37.5 Å². The summed E-state index contributed by atoms with van der Waals surface area (Å²) in [4.78, 5) is 25.4. The Morgan fingerprint density at radius 1 is 1.07 bits per heavy atom. The predicted octanol–water partition coefficient (Wildman–Crippen LogP) is 2.61. The standard InChI is InChI=1S/C20H16ClN5O3/c1-12-3-9-15(10-4-12)26-20-23-22-16(11-13-5-7-14(21)8-6-13)18(27)25(20)17(24-26)19(28)29-2/h3-10H,11H2,1-2H3. The number of esters is 1. The number of nitrogens with zero attached hydrogens (tertiary/aromatic N) is 5. The lowest BCUT2D eigenvalue weighted by molar-refractivity contribution is 0.0584. The first-order valence-electron chi connectivity index (χ1n) is 8.75. The summed E-state index contributed by atoms with van der Waals surface area (Å²) >= 11 is 5.91. The van der Waals surface area contributed by atoms with Crippen LogP contribution in [0.4, 0.5) is 0 Å². The highest BCUT2D eigenvalue weighted by atomic mass is 35.5. The number of rotatable bonds is 4. The Kier molecular flexibility index (Phi) is 4.85. The minimum Gasteiger partial charge on any atom is -0.463 e. The number of carbonyl (C=O) groups excluding carboxylic acids is 1. The molecule has 29 heavy (non-hydrogen) atoms. The van der Waals surface area contributed by atoms with Crippen LogP contribution < -0.4 is 5.56 Å². The van der Waals surface area contributed by atoms with E-state index in [4.69, 9.17) is 16.3 Å². The highest BCUT2D eigenvalue weighted by Crippen LogP contribution is 2.15. The van der Waals surface area contributed by atoms with E-state index in [9.17, 15) is 9.59 Å². The Hall–Kier alpha value is -3.52. The van der Waals surface area contributed by atoms with Crippen LogP contribution in [0.3, 0.4) is 0 Å². The van der Waals surface area contributed by atoms with Crippen molar-refractivity contribution in [3.8, 4) is 5.69 Å². The monoisotopic (exact) mass is 409 g/mol. The van der Waals surface area contributed by atoms with Crippen molar-refractivity contribution in [3.63, 3.8) is 0 Å². The van der Waals surface area contributed by atoms with Gasteiger partial charge in [-0.05, 0) is 36.8 Å². The van der Waals surface area contributed by atoms with Crippen LogP contribution in [0.2, 0.25) is 5.02 Å². The average Bonchev–Trinajstić information content (AvgIpc) is 3.12. The van der Waals surface area contributed by atoms with Crippen molar-refractivity contribution in [1.82, 2.24) is 24.4 Å².